The summed E-state index contributed by atoms with van der Waals surface area (Å²) in [5.74, 6) is -0.336. The zero-order valence-corrected chi connectivity index (χ0v) is 15.9. The van der Waals surface area contributed by atoms with Crippen LogP contribution in [-0.2, 0) is 5.60 Å². The summed E-state index contributed by atoms with van der Waals surface area (Å²) in [7, 11) is 4.00. The number of benzene rings is 2. The molecule has 2 nitrogen and oxygen atoms in total. The third-order valence-electron chi connectivity index (χ3n) is 5.41. The van der Waals surface area contributed by atoms with Crippen molar-refractivity contribution in [2.75, 3.05) is 20.6 Å². The molecule has 0 aliphatic heterocycles. The van der Waals surface area contributed by atoms with Crippen LogP contribution in [0.1, 0.15) is 36.0 Å². The summed E-state index contributed by atoms with van der Waals surface area (Å²) >= 11 is 0. The van der Waals surface area contributed by atoms with Crippen LogP contribution in [0.5, 0.6) is 0 Å². The second kappa shape index (κ2) is 7.73. The first-order chi connectivity index (χ1) is 12.4. The summed E-state index contributed by atoms with van der Waals surface area (Å²) in [5.41, 5.74) is 1.65. The molecular formula is C23H28FNO. The van der Waals surface area contributed by atoms with Crippen LogP contribution in [0.15, 0.2) is 54.1 Å². The number of halogens is 1. The smallest absolute Gasteiger partial charge is 0.132 e. The number of hydrogen-bond acceptors (Lipinski definition) is 2. The molecule has 1 aliphatic rings. The van der Waals surface area contributed by atoms with E-state index in [1.807, 2.05) is 56.6 Å². The second-order valence-corrected chi connectivity index (χ2v) is 7.63. The van der Waals surface area contributed by atoms with Gasteiger partial charge in [0.05, 0.1) is 0 Å². The Kier molecular flexibility index (Phi) is 5.59. The van der Waals surface area contributed by atoms with Crippen molar-refractivity contribution in [3.63, 3.8) is 0 Å². The fraction of sp³-hybridized carbons (Fsp3) is 0.391. The molecule has 2 aromatic rings. The van der Waals surface area contributed by atoms with Crippen LogP contribution < -0.4 is 0 Å². The maximum Gasteiger partial charge on any atom is 0.132 e. The Bertz CT molecular complexity index is 784. The molecule has 1 N–H and O–H groups in total. The molecule has 0 bridgehead atoms. The number of nitrogens with zero attached hydrogens (tertiary/aromatic N) is 1. The lowest BCUT2D eigenvalue weighted by molar-refractivity contribution is -0.0201. The average Bonchev–Trinajstić information content (AvgIpc) is 2.61. The summed E-state index contributed by atoms with van der Waals surface area (Å²) in [6.07, 6.45) is 4.72. The van der Waals surface area contributed by atoms with E-state index < -0.39 is 5.60 Å². The first-order valence-corrected chi connectivity index (χ1v) is 9.31. The molecule has 0 saturated heterocycles. The van der Waals surface area contributed by atoms with Gasteiger partial charge < -0.3 is 10.0 Å². The predicted molar refractivity (Wildman–Crippen MR) is 105 cm³/mol. The molecule has 3 rings (SSSR count). The molecule has 1 saturated carbocycles. The molecule has 0 aromatic heterocycles. The fourth-order valence-corrected chi connectivity index (χ4v) is 4.13. The van der Waals surface area contributed by atoms with Gasteiger partial charge in [0.15, 0.2) is 0 Å². The summed E-state index contributed by atoms with van der Waals surface area (Å²) in [6, 6.07) is 15.3. The third-order valence-corrected chi connectivity index (χ3v) is 5.41. The highest BCUT2D eigenvalue weighted by Gasteiger charge is 2.45. The zero-order valence-electron chi connectivity index (χ0n) is 15.9. The Labute approximate surface area is 156 Å². The highest BCUT2D eigenvalue weighted by atomic mass is 19.1. The Morgan fingerprint density at radius 2 is 1.88 bits per heavy atom. The number of aliphatic hydroxyl groups is 1. The van der Waals surface area contributed by atoms with Gasteiger partial charge in [-0.1, -0.05) is 54.6 Å². The molecule has 3 heteroatoms. The Morgan fingerprint density at radius 3 is 2.58 bits per heavy atom. The molecule has 26 heavy (non-hydrogen) atoms. The quantitative estimate of drug-likeness (QED) is 0.856. The van der Waals surface area contributed by atoms with Crippen molar-refractivity contribution in [2.24, 2.45) is 5.92 Å². The first kappa shape index (κ1) is 18.8. The van der Waals surface area contributed by atoms with Crippen LogP contribution >= 0.6 is 0 Å². The van der Waals surface area contributed by atoms with E-state index in [0.29, 0.717) is 11.1 Å². The molecule has 2 atom stereocenters. The summed E-state index contributed by atoms with van der Waals surface area (Å²) < 4.78 is 15.1. The maximum absolute atomic E-state index is 15.1. The van der Waals surface area contributed by atoms with E-state index in [0.717, 1.165) is 36.9 Å². The van der Waals surface area contributed by atoms with Gasteiger partial charge in [0.2, 0.25) is 0 Å². The van der Waals surface area contributed by atoms with E-state index in [1.165, 1.54) is 0 Å². The van der Waals surface area contributed by atoms with E-state index >= 15 is 4.39 Å². The molecule has 0 radical (unpaired) electrons. The molecule has 0 heterocycles. The average molecular weight is 353 g/mol. The second-order valence-electron chi connectivity index (χ2n) is 7.63. The number of hydrogen-bond donors (Lipinski definition) is 1. The minimum Gasteiger partial charge on any atom is -0.380 e. The van der Waals surface area contributed by atoms with E-state index in [2.05, 4.69) is 4.90 Å². The van der Waals surface area contributed by atoms with Gasteiger partial charge in [-0.15, -0.1) is 0 Å². The molecule has 0 amide bonds. The Morgan fingerprint density at radius 1 is 1.15 bits per heavy atom. The molecule has 138 valence electrons. The molecule has 1 fully saturated rings. The summed E-state index contributed by atoms with van der Waals surface area (Å²) in [6.45, 7) is 2.47. The molecule has 0 spiro atoms. The van der Waals surface area contributed by atoms with Gasteiger partial charge in [-0.25, -0.2) is 4.39 Å². The van der Waals surface area contributed by atoms with Crippen molar-refractivity contribution in [1.29, 1.82) is 0 Å². The number of rotatable bonds is 4. The maximum atomic E-state index is 15.1. The van der Waals surface area contributed by atoms with Crippen LogP contribution in [0.2, 0.25) is 0 Å². The molecule has 2 unspecified atom stereocenters. The van der Waals surface area contributed by atoms with Crippen molar-refractivity contribution < 1.29 is 9.50 Å². The van der Waals surface area contributed by atoms with Gasteiger partial charge >= 0.3 is 0 Å². The van der Waals surface area contributed by atoms with Gasteiger partial charge in [-0.05, 0) is 57.0 Å². The minimum atomic E-state index is -1.28. The predicted octanol–water partition coefficient (Wildman–Crippen LogP) is 4.77. The highest BCUT2D eigenvalue weighted by Crippen LogP contribution is 2.47. The Hall–Kier alpha value is -1.97. The van der Waals surface area contributed by atoms with E-state index in [1.54, 1.807) is 19.1 Å². The number of aryl methyl sites for hydroxylation is 1. The van der Waals surface area contributed by atoms with Crippen molar-refractivity contribution in [3.05, 3.63) is 76.6 Å². The highest BCUT2D eigenvalue weighted by molar-refractivity contribution is 5.57. The monoisotopic (exact) mass is 353 g/mol. The zero-order chi connectivity index (χ0) is 18.7. The largest absolute Gasteiger partial charge is 0.380 e. The van der Waals surface area contributed by atoms with Crippen LogP contribution in [0, 0.1) is 18.7 Å². The van der Waals surface area contributed by atoms with E-state index in [-0.39, 0.29) is 11.7 Å². The van der Waals surface area contributed by atoms with Gasteiger partial charge in [0.1, 0.15) is 11.4 Å². The van der Waals surface area contributed by atoms with Crippen molar-refractivity contribution in [3.8, 4) is 0 Å². The first-order valence-electron chi connectivity index (χ1n) is 9.31. The fourth-order valence-electron chi connectivity index (χ4n) is 4.13. The van der Waals surface area contributed by atoms with Crippen molar-refractivity contribution in [1.82, 2.24) is 4.90 Å². The van der Waals surface area contributed by atoms with E-state index in [4.69, 9.17) is 0 Å². The lowest BCUT2D eigenvalue weighted by Crippen LogP contribution is -2.45. The SMILES string of the molecule is Cc1cccc(C2(O)C(=Cc3ccccc3)CCCC2CN(C)C)c1F. The van der Waals surface area contributed by atoms with E-state index in [9.17, 15) is 5.11 Å². The van der Waals surface area contributed by atoms with Gasteiger partial charge in [0, 0.05) is 18.0 Å². The van der Waals surface area contributed by atoms with Gasteiger partial charge in [-0.2, -0.15) is 0 Å². The van der Waals surface area contributed by atoms with Crippen molar-refractivity contribution >= 4 is 6.08 Å². The van der Waals surface area contributed by atoms with Crippen LogP contribution in [0.3, 0.4) is 0 Å². The van der Waals surface area contributed by atoms with Crippen LogP contribution in [0.4, 0.5) is 4.39 Å². The minimum absolute atomic E-state index is 0.0440. The van der Waals surface area contributed by atoms with Crippen LogP contribution in [0.25, 0.3) is 6.08 Å². The molecule has 2 aromatic carbocycles. The molecule has 1 aliphatic carbocycles. The standard InChI is InChI=1S/C23H28FNO/c1-17-9-7-14-21(22(17)24)23(26)19(15-18-10-5-4-6-11-18)12-8-13-20(23)16-25(2)3/h4-7,9-11,14-15,20,26H,8,12-13,16H2,1-3H3. The summed E-state index contributed by atoms with van der Waals surface area (Å²) in [4.78, 5) is 2.08. The van der Waals surface area contributed by atoms with Crippen LogP contribution in [-0.4, -0.2) is 30.6 Å². The molecular weight excluding hydrogens is 325 g/mol. The van der Waals surface area contributed by atoms with Crippen molar-refractivity contribution in [2.45, 2.75) is 31.8 Å². The van der Waals surface area contributed by atoms with Gasteiger partial charge in [-0.3, -0.25) is 0 Å². The van der Waals surface area contributed by atoms with Gasteiger partial charge in [0.25, 0.3) is 0 Å². The lowest BCUT2D eigenvalue weighted by atomic mass is 9.67. The normalized spacial score (nSPS) is 25.0. The summed E-state index contributed by atoms with van der Waals surface area (Å²) in [5, 5.41) is 11.9. The lowest BCUT2D eigenvalue weighted by Gasteiger charge is -2.44. The topological polar surface area (TPSA) is 23.5 Å². The Balaban J connectivity index is 2.16. The third kappa shape index (κ3) is 3.60.